The smallest absolute Gasteiger partial charge is 0.312 e. The highest BCUT2D eigenvalue weighted by molar-refractivity contribution is 5.95. The molecule has 0 saturated carbocycles. The molecule has 0 unspecified atom stereocenters. The summed E-state index contributed by atoms with van der Waals surface area (Å²) in [6.45, 7) is 2.00. The van der Waals surface area contributed by atoms with E-state index in [4.69, 9.17) is 15.2 Å². The number of hydrogen-bond acceptors (Lipinski definition) is 5. The van der Waals surface area contributed by atoms with Gasteiger partial charge in [-0.3, -0.25) is 9.59 Å². The Labute approximate surface area is 147 Å². The number of unbranched alkanes of at least 4 members (excludes halogenated alkanes) is 2. The Morgan fingerprint density at radius 3 is 2.40 bits per heavy atom. The van der Waals surface area contributed by atoms with E-state index in [2.05, 4.69) is 10.6 Å². The summed E-state index contributed by atoms with van der Waals surface area (Å²) >= 11 is 0. The molecule has 0 aliphatic heterocycles. The van der Waals surface area contributed by atoms with Gasteiger partial charge in [-0.2, -0.15) is 0 Å². The topological polar surface area (TPSA) is 120 Å². The fourth-order valence-electron chi connectivity index (χ4n) is 2.01. The molecule has 25 heavy (non-hydrogen) atoms. The van der Waals surface area contributed by atoms with Crippen molar-refractivity contribution in [2.75, 3.05) is 19.0 Å². The number of amides is 3. The van der Waals surface area contributed by atoms with Crippen LogP contribution in [0.5, 0.6) is 5.75 Å². The number of urea groups is 1. The van der Waals surface area contributed by atoms with Crippen LogP contribution in [0.25, 0.3) is 0 Å². The maximum Gasteiger partial charge on any atom is 0.312 e. The van der Waals surface area contributed by atoms with E-state index < -0.39 is 24.0 Å². The third-order valence-corrected chi connectivity index (χ3v) is 3.39. The number of nitrogens with one attached hydrogen (secondary N) is 2. The van der Waals surface area contributed by atoms with Gasteiger partial charge in [-0.1, -0.05) is 6.42 Å². The van der Waals surface area contributed by atoms with Crippen LogP contribution >= 0.6 is 0 Å². The van der Waals surface area contributed by atoms with E-state index in [9.17, 15) is 14.4 Å². The summed E-state index contributed by atoms with van der Waals surface area (Å²) < 4.78 is 10.1. The van der Waals surface area contributed by atoms with Gasteiger partial charge in [-0.05, 0) is 44.0 Å². The van der Waals surface area contributed by atoms with Crippen molar-refractivity contribution in [1.29, 1.82) is 0 Å². The number of carbonyl (C=O) groups is 3. The lowest BCUT2D eigenvalue weighted by molar-refractivity contribution is -0.153. The van der Waals surface area contributed by atoms with Crippen LogP contribution in [-0.2, 0) is 14.3 Å². The molecule has 0 spiro atoms. The number of anilines is 1. The van der Waals surface area contributed by atoms with Gasteiger partial charge >= 0.3 is 12.0 Å². The molecule has 0 heterocycles. The Balaban J connectivity index is 2.24. The number of nitrogens with two attached hydrogens (primary N) is 1. The molecule has 1 aromatic carbocycles. The minimum absolute atomic E-state index is 0.219. The first-order chi connectivity index (χ1) is 11.9. The Hall–Kier alpha value is -2.77. The molecular formula is C17H25N3O5. The second-order valence-electron chi connectivity index (χ2n) is 5.45. The third-order valence-electron chi connectivity index (χ3n) is 3.39. The Bertz CT molecular complexity index is 574. The molecule has 4 N–H and O–H groups in total. The summed E-state index contributed by atoms with van der Waals surface area (Å²) in [5, 5.41) is 5.14. The largest absolute Gasteiger partial charge is 0.497 e. The Morgan fingerprint density at radius 1 is 1.12 bits per heavy atom. The molecule has 8 heteroatoms. The molecule has 8 nitrogen and oxygen atoms in total. The van der Waals surface area contributed by atoms with Gasteiger partial charge in [0, 0.05) is 18.7 Å². The van der Waals surface area contributed by atoms with Crippen LogP contribution in [-0.4, -0.2) is 37.7 Å². The number of hydrogen-bond donors (Lipinski definition) is 3. The average molecular weight is 351 g/mol. The van der Waals surface area contributed by atoms with Crippen LogP contribution in [0.2, 0.25) is 0 Å². The van der Waals surface area contributed by atoms with Crippen LogP contribution in [0.3, 0.4) is 0 Å². The third kappa shape index (κ3) is 8.59. The fraction of sp³-hybridized carbons (Fsp3) is 0.471. The van der Waals surface area contributed by atoms with E-state index in [-0.39, 0.29) is 6.42 Å². The summed E-state index contributed by atoms with van der Waals surface area (Å²) in [6, 6.07) is 6.28. The van der Waals surface area contributed by atoms with Crippen LogP contribution in [0, 0.1) is 0 Å². The fourth-order valence-corrected chi connectivity index (χ4v) is 2.01. The molecule has 1 atom stereocenters. The highest BCUT2D eigenvalue weighted by Gasteiger charge is 2.17. The van der Waals surface area contributed by atoms with Crippen molar-refractivity contribution >= 4 is 23.6 Å². The molecule has 1 aromatic rings. The van der Waals surface area contributed by atoms with E-state index in [1.807, 2.05) is 0 Å². The van der Waals surface area contributed by atoms with Crippen molar-refractivity contribution in [3.8, 4) is 5.75 Å². The van der Waals surface area contributed by atoms with E-state index >= 15 is 0 Å². The molecule has 0 bridgehead atoms. The van der Waals surface area contributed by atoms with Crippen molar-refractivity contribution in [3.05, 3.63) is 24.3 Å². The first-order valence-electron chi connectivity index (χ1n) is 8.10. The number of primary amides is 1. The van der Waals surface area contributed by atoms with Gasteiger partial charge in [0.2, 0.25) is 0 Å². The SMILES string of the molecule is COc1ccc(NC(=O)[C@@H](C)OC(=O)CCCCCNC(N)=O)cc1. The monoisotopic (exact) mass is 351 g/mol. The molecule has 0 aromatic heterocycles. The van der Waals surface area contributed by atoms with Crippen molar-refractivity contribution < 1.29 is 23.9 Å². The lowest BCUT2D eigenvalue weighted by Gasteiger charge is -2.13. The second-order valence-corrected chi connectivity index (χ2v) is 5.45. The summed E-state index contributed by atoms with van der Waals surface area (Å²) in [5.74, 6) is -0.145. The number of carbonyl (C=O) groups excluding carboxylic acids is 3. The minimum atomic E-state index is -0.883. The first kappa shape index (κ1) is 20.3. The molecule has 0 aliphatic carbocycles. The highest BCUT2D eigenvalue weighted by atomic mass is 16.5. The number of rotatable bonds is 10. The predicted molar refractivity (Wildman–Crippen MR) is 93.2 cm³/mol. The number of benzene rings is 1. The zero-order valence-electron chi connectivity index (χ0n) is 14.5. The first-order valence-corrected chi connectivity index (χ1v) is 8.10. The standard InChI is InChI=1S/C17H25N3O5/c1-12(16(22)20-13-7-9-14(24-2)10-8-13)25-15(21)6-4-3-5-11-19-17(18)23/h7-10,12H,3-6,11H2,1-2H3,(H,20,22)(H3,18,19,23)/t12-/m1/s1. The highest BCUT2D eigenvalue weighted by Crippen LogP contribution is 2.15. The zero-order valence-corrected chi connectivity index (χ0v) is 14.5. The lowest BCUT2D eigenvalue weighted by atomic mass is 10.2. The van der Waals surface area contributed by atoms with E-state index in [1.165, 1.54) is 6.92 Å². The van der Waals surface area contributed by atoms with E-state index in [0.717, 1.165) is 12.8 Å². The van der Waals surface area contributed by atoms with Crippen molar-refractivity contribution in [1.82, 2.24) is 5.32 Å². The number of esters is 1. The van der Waals surface area contributed by atoms with Crippen LogP contribution in [0.1, 0.15) is 32.6 Å². The molecule has 0 aliphatic rings. The van der Waals surface area contributed by atoms with Crippen molar-refractivity contribution in [2.45, 2.75) is 38.7 Å². The maximum absolute atomic E-state index is 12.0. The van der Waals surface area contributed by atoms with Gasteiger partial charge in [0.1, 0.15) is 5.75 Å². The lowest BCUT2D eigenvalue weighted by Crippen LogP contribution is -2.30. The van der Waals surface area contributed by atoms with Crippen molar-refractivity contribution in [2.24, 2.45) is 5.73 Å². The molecule has 0 fully saturated rings. The van der Waals surface area contributed by atoms with Crippen LogP contribution in [0.15, 0.2) is 24.3 Å². The van der Waals surface area contributed by atoms with E-state index in [1.54, 1.807) is 31.4 Å². The molecule has 1 rings (SSSR count). The summed E-state index contributed by atoms with van der Waals surface area (Å²) in [6.07, 6.45) is 1.43. The predicted octanol–water partition coefficient (Wildman–Crippen LogP) is 1.79. The quantitative estimate of drug-likeness (QED) is 0.438. The van der Waals surface area contributed by atoms with Gasteiger partial charge in [-0.15, -0.1) is 0 Å². The average Bonchev–Trinajstić information content (AvgIpc) is 2.58. The molecule has 0 saturated heterocycles. The van der Waals surface area contributed by atoms with E-state index in [0.29, 0.717) is 24.4 Å². The number of methoxy groups -OCH3 is 1. The van der Waals surface area contributed by atoms with Gasteiger partial charge < -0.3 is 25.8 Å². The molecule has 0 radical (unpaired) electrons. The normalized spacial score (nSPS) is 11.3. The zero-order chi connectivity index (χ0) is 18.7. The Morgan fingerprint density at radius 2 is 1.80 bits per heavy atom. The van der Waals surface area contributed by atoms with Gasteiger partial charge in [0.05, 0.1) is 7.11 Å². The summed E-state index contributed by atoms with van der Waals surface area (Å²) in [4.78, 5) is 34.2. The minimum Gasteiger partial charge on any atom is -0.497 e. The second kappa shape index (κ2) is 10.9. The van der Waals surface area contributed by atoms with Gasteiger partial charge in [0.15, 0.2) is 6.10 Å². The van der Waals surface area contributed by atoms with Gasteiger partial charge in [0.25, 0.3) is 5.91 Å². The summed E-state index contributed by atoms with van der Waals surface area (Å²) in [7, 11) is 1.56. The van der Waals surface area contributed by atoms with Crippen molar-refractivity contribution in [3.63, 3.8) is 0 Å². The van der Waals surface area contributed by atoms with Crippen LogP contribution in [0.4, 0.5) is 10.5 Å². The molecular weight excluding hydrogens is 326 g/mol. The van der Waals surface area contributed by atoms with Crippen LogP contribution < -0.4 is 21.1 Å². The Kier molecular flexibility index (Phi) is 8.84. The molecule has 138 valence electrons. The molecule has 3 amide bonds. The van der Waals surface area contributed by atoms with Gasteiger partial charge in [-0.25, -0.2) is 4.79 Å². The maximum atomic E-state index is 12.0. The number of ether oxygens (including phenoxy) is 2. The summed E-state index contributed by atoms with van der Waals surface area (Å²) in [5.41, 5.74) is 5.53.